The second-order valence-corrected chi connectivity index (χ2v) is 5.93. The van der Waals surface area contributed by atoms with E-state index < -0.39 is 5.97 Å². The van der Waals surface area contributed by atoms with Gasteiger partial charge in [-0.15, -0.1) is 0 Å². The predicted molar refractivity (Wildman–Crippen MR) is 77.8 cm³/mol. The number of benzene rings is 1. The van der Waals surface area contributed by atoms with Gasteiger partial charge >= 0.3 is 5.97 Å². The molecule has 104 valence electrons. The van der Waals surface area contributed by atoms with E-state index in [1.807, 2.05) is 6.07 Å². The third kappa shape index (κ3) is 3.30. The van der Waals surface area contributed by atoms with Gasteiger partial charge in [-0.2, -0.15) is 0 Å². The molecular formula is C15H19BrO3. The van der Waals surface area contributed by atoms with Gasteiger partial charge in [0, 0.05) is 10.0 Å². The van der Waals surface area contributed by atoms with Crippen molar-refractivity contribution in [3.8, 4) is 5.75 Å². The highest BCUT2D eigenvalue weighted by Gasteiger charge is 2.34. The lowest BCUT2D eigenvalue weighted by Crippen LogP contribution is -2.09. The third-order valence-corrected chi connectivity index (χ3v) is 4.47. The van der Waals surface area contributed by atoms with Crippen molar-refractivity contribution >= 4 is 21.9 Å². The predicted octanol–water partition coefficient (Wildman–Crippen LogP) is 3.99. The van der Waals surface area contributed by atoms with Crippen LogP contribution in [0.5, 0.6) is 5.75 Å². The summed E-state index contributed by atoms with van der Waals surface area (Å²) in [5, 5.41) is 9.08. The number of carboxylic acid groups (broad SMARTS) is 1. The van der Waals surface area contributed by atoms with Crippen LogP contribution in [0.3, 0.4) is 0 Å². The average molecular weight is 327 g/mol. The van der Waals surface area contributed by atoms with E-state index in [9.17, 15) is 4.79 Å². The molecule has 0 bridgehead atoms. The van der Waals surface area contributed by atoms with E-state index in [1.165, 1.54) is 0 Å². The Morgan fingerprint density at radius 1 is 1.53 bits per heavy atom. The Bertz CT molecular complexity index is 481. The van der Waals surface area contributed by atoms with E-state index in [-0.39, 0.29) is 12.3 Å². The van der Waals surface area contributed by atoms with Crippen LogP contribution in [0, 0.1) is 5.92 Å². The summed E-state index contributed by atoms with van der Waals surface area (Å²) in [6.07, 6.45) is 3.35. The molecule has 0 heterocycles. The molecule has 1 atom stereocenters. The Balaban J connectivity index is 2.36. The Morgan fingerprint density at radius 3 is 2.68 bits per heavy atom. The molecule has 3 nitrogen and oxygen atoms in total. The summed E-state index contributed by atoms with van der Waals surface area (Å²) in [4.78, 5) is 11.0. The van der Waals surface area contributed by atoms with Crippen molar-refractivity contribution in [1.29, 1.82) is 0 Å². The van der Waals surface area contributed by atoms with Gasteiger partial charge in [0.15, 0.2) is 0 Å². The molecule has 1 aliphatic carbocycles. The molecule has 0 aliphatic heterocycles. The summed E-state index contributed by atoms with van der Waals surface area (Å²) in [7, 11) is 1.66. The Hall–Kier alpha value is -1.03. The van der Waals surface area contributed by atoms with Crippen LogP contribution in [-0.4, -0.2) is 18.2 Å². The van der Waals surface area contributed by atoms with Crippen molar-refractivity contribution in [2.75, 3.05) is 7.11 Å². The van der Waals surface area contributed by atoms with Crippen molar-refractivity contribution in [2.45, 2.75) is 38.5 Å². The van der Waals surface area contributed by atoms with E-state index in [2.05, 4.69) is 28.9 Å². The molecule has 0 spiro atoms. The molecule has 19 heavy (non-hydrogen) atoms. The summed E-state index contributed by atoms with van der Waals surface area (Å²) in [5.74, 6) is 0.739. The molecule has 1 saturated carbocycles. The van der Waals surface area contributed by atoms with Gasteiger partial charge in [0.2, 0.25) is 0 Å². The number of aliphatic carboxylic acids is 1. The van der Waals surface area contributed by atoms with Gasteiger partial charge in [0.25, 0.3) is 0 Å². The van der Waals surface area contributed by atoms with Crippen molar-refractivity contribution in [1.82, 2.24) is 0 Å². The van der Waals surface area contributed by atoms with E-state index >= 15 is 0 Å². The first-order chi connectivity index (χ1) is 9.06. The van der Waals surface area contributed by atoms with Crippen LogP contribution >= 0.6 is 15.9 Å². The standard InChI is InChI=1S/C15H19BrO3/c1-3-11-13(16)6-10(7-14(11)19-2)12(8-15(17)18)9-4-5-9/h6-7,9,12H,3-5,8H2,1-2H3,(H,17,18). The largest absolute Gasteiger partial charge is 0.496 e. The lowest BCUT2D eigenvalue weighted by molar-refractivity contribution is -0.137. The molecule has 0 amide bonds. The van der Waals surface area contributed by atoms with Gasteiger partial charge in [-0.05, 0) is 48.8 Å². The molecule has 1 aromatic carbocycles. The molecule has 0 saturated heterocycles. The highest BCUT2D eigenvalue weighted by atomic mass is 79.9. The first-order valence-corrected chi connectivity index (χ1v) is 7.44. The minimum atomic E-state index is -0.730. The summed E-state index contributed by atoms with van der Waals surface area (Å²) >= 11 is 3.58. The van der Waals surface area contributed by atoms with Crippen LogP contribution in [0.2, 0.25) is 0 Å². The van der Waals surface area contributed by atoms with Crippen molar-refractivity contribution < 1.29 is 14.6 Å². The molecule has 1 aromatic rings. The van der Waals surface area contributed by atoms with E-state index in [4.69, 9.17) is 9.84 Å². The highest BCUT2D eigenvalue weighted by Crippen LogP contribution is 2.46. The quantitative estimate of drug-likeness (QED) is 0.859. The van der Waals surface area contributed by atoms with Gasteiger partial charge in [-0.3, -0.25) is 4.79 Å². The SMILES string of the molecule is CCc1c(Br)cc(C(CC(=O)O)C2CC2)cc1OC. The topological polar surface area (TPSA) is 46.5 Å². The van der Waals surface area contributed by atoms with E-state index in [0.717, 1.165) is 40.6 Å². The number of carbonyl (C=O) groups is 1. The summed E-state index contributed by atoms with van der Waals surface area (Å²) < 4.78 is 6.45. The molecule has 4 heteroatoms. The van der Waals surface area contributed by atoms with Gasteiger partial charge in [0.05, 0.1) is 13.5 Å². The molecule has 1 N–H and O–H groups in total. The number of rotatable bonds is 6. The van der Waals surface area contributed by atoms with Crippen molar-refractivity contribution in [2.24, 2.45) is 5.92 Å². The molecule has 1 fully saturated rings. The van der Waals surface area contributed by atoms with Crippen LogP contribution in [0.15, 0.2) is 16.6 Å². The van der Waals surface area contributed by atoms with Crippen molar-refractivity contribution in [3.63, 3.8) is 0 Å². The number of halogens is 1. The number of hydrogen-bond donors (Lipinski definition) is 1. The van der Waals surface area contributed by atoms with Gasteiger partial charge < -0.3 is 9.84 Å². The summed E-state index contributed by atoms with van der Waals surface area (Å²) in [6.45, 7) is 2.08. The van der Waals surface area contributed by atoms with Crippen molar-refractivity contribution in [3.05, 3.63) is 27.7 Å². The summed E-state index contributed by atoms with van der Waals surface area (Å²) in [6, 6.07) is 4.07. The second-order valence-electron chi connectivity index (χ2n) is 5.08. The number of ether oxygens (including phenoxy) is 1. The van der Waals surface area contributed by atoms with Crippen LogP contribution in [0.25, 0.3) is 0 Å². The van der Waals surface area contributed by atoms with Gasteiger partial charge in [-0.1, -0.05) is 22.9 Å². The average Bonchev–Trinajstić information content (AvgIpc) is 3.18. The zero-order valence-corrected chi connectivity index (χ0v) is 12.9. The maximum absolute atomic E-state index is 11.0. The smallest absolute Gasteiger partial charge is 0.303 e. The third-order valence-electron chi connectivity index (χ3n) is 3.76. The molecule has 0 aromatic heterocycles. The van der Waals surface area contributed by atoms with Gasteiger partial charge in [0.1, 0.15) is 5.75 Å². The lowest BCUT2D eigenvalue weighted by atomic mass is 9.90. The monoisotopic (exact) mass is 326 g/mol. The maximum atomic E-state index is 11.0. The fraction of sp³-hybridized carbons (Fsp3) is 0.533. The lowest BCUT2D eigenvalue weighted by Gasteiger charge is -2.18. The summed E-state index contributed by atoms with van der Waals surface area (Å²) in [5.41, 5.74) is 2.21. The normalized spacial score (nSPS) is 16.2. The highest BCUT2D eigenvalue weighted by molar-refractivity contribution is 9.10. The number of methoxy groups -OCH3 is 1. The fourth-order valence-corrected chi connectivity index (χ4v) is 3.35. The Kier molecular flexibility index (Phi) is 4.50. The zero-order chi connectivity index (χ0) is 14.0. The van der Waals surface area contributed by atoms with Crippen LogP contribution in [0.1, 0.15) is 43.2 Å². The number of carboxylic acids is 1. The van der Waals surface area contributed by atoms with E-state index in [0.29, 0.717) is 5.92 Å². The Morgan fingerprint density at radius 2 is 2.21 bits per heavy atom. The first-order valence-electron chi connectivity index (χ1n) is 6.64. The fourth-order valence-electron chi connectivity index (χ4n) is 2.61. The van der Waals surface area contributed by atoms with E-state index in [1.54, 1.807) is 7.11 Å². The molecule has 1 unspecified atom stereocenters. The van der Waals surface area contributed by atoms with Crippen LogP contribution in [0.4, 0.5) is 0 Å². The number of hydrogen-bond acceptors (Lipinski definition) is 2. The second kappa shape index (κ2) is 5.95. The molecule has 2 rings (SSSR count). The zero-order valence-electron chi connectivity index (χ0n) is 11.3. The minimum absolute atomic E-state index is 0.105. The van der Waals surface area contributed by atoms with Crippen LogP contribution < -0.4 is 4.74 Å². The van der Waals surface area contributed by atoms with Gasteiger partial charge in [-0.25, -0.2) is 0 Å². The minimum Gasteiger partial charge on any atom is -0.496 e. The maximum Gasteiger partial charge on any atom is 0.303 e. The van der Waals surface area contributed by atoms with Crippen LogP contribution in [-0.2, 0) is 11.2 Å². The first kappa shape index (κ1) is 14.4. The molecular weight excluding hydrogens is 308 g/mol. The molecule has 1 aliphatic rings. The Labute approximate surface area is 122 Å². The molecule has 0 radical (unpaired) electrons.